The molecule has 0 saturated carbocycles. The van der Waals surface area contributed by atoms with Gasteiger partial charge in [0.2, 0.25) is 9.28 Å². The Morgan fingerprint density at radius 2 is 2.60 bits per heavy atom. The second kappa shape index (κ2) is 3.57. The van der Waals surface area contributed by atoms with E-state index in [2.05, 4.69) is 0 Å². The lowest BCUT2D eigenvalue weighted by Crippen LogP contribution is -1.84. The number of nitrogens with zero attached hydrogens (tertiary/aromatic N) is 1. The molecule has 0 fully saturated rings. The highest BCUT2D eigenvalue weighted by Crippen LogP contribution is 1.31. The maximum Gasteiger partial charge on any atom is 0.305 e. The van der Waals surface area contributed by atoms with Gasteiger partial charge in [-0.05, 0) is 0 Å². The van der Waals surface area contributed by atoms with Gasteiger partial charge in [0, 0.05) is 5.97 Å². The van der Waals surface area contributed by atoms with Gasteiger partial charge < -0.3 is 4.46 Å². The fraction of sp³-hybridized carbons (Fsp3) is 0. The molecule has 0 aromatic heterocycles. The fourth-order valence-electron chi connectivity index (χ4n) is 0.0373. The van der Waals surface area contributed by atoms with E-state index >= 15 is 0 Å². The smallest absolute Gasteiger partial charge is 0.305 e. The first-order chi connectivity index (χ1) is 2.41. The summed E-state index contributed by atoms with van der Waals surface area (Å²) >= 11 is 0. The molecule has 0 aromatic carbocycles. The van der Waals surface area contributed by atoms with E-state index in [1.165, 1.54) is 0 Å². The van der Waals surface area contributed by atoms with Crippen LogP contribution in [0.25, 0.3) is 0 Å². The number of nitriles is 1. The lowest BCUT2D eigenvalue weighted by Gasteiger charge is -1.42. The van der Waals surface area contributed by atoms with Gasteiger partial charge >= 0.3 is 6.87 Å². The molecular formula is CH2BNOSi. The van der Waals surface area contributed by atoms with Gasteiger partial charge in [0.05, 0.1) is 0 Å². The molecule has 0 aliphatic heterocycles. The van der Waals surface area contributed by atoms with Crippen LogP contribution >= 0.6 is 0 Å². The number of rotatable bonds is 1. The van der Waals surface area contributed by atoms with E-state index in [4.69, 9.17) is 5.26 Å². The summed E-state index contributed by atoms with van der Waals surface area (Å²) in [6.07, 6.45) is 0. The van der Waals surface area contributed by atoms with Crippen LogP contribution in [0.15, 0.2) is 0 Å². The normalized spacial score (nSPS) is 4.60. The van der Waals surface area contributed by atoms with Crippen molar-refractivity contribution in [1.29, 1.82) is 5.26 Å². The van der Waals surface area contributed by atoms with Gasteiger partial charge in [-0.3, -0.25) is 0 Å². The van der Waals surface area contributed by atoms with Crippen molar-refractivity contribution in [2.24, 2.45) is 0 Å². The van der Waals surface area contributed by atoms with Gasteiger partial charge in [0.1, 0.15) is 0 Å². The lowest BCUT2D eigenvalue weighted by atomic mass is 10.2. The number of hydrogen-bond donors (Lipinski definition) is 0. The van der Waals surface area contributed by atoms with Crippen molar-refractivity contribution in [2.45, 2.75) is 0 Å². The molecule has 0 N–H and O–H groups in total. The summed E-state index contributed by atoms with van der Waals surface area (Å²) in [4.78, 5) is 0. The van der Waals surface area contributed by atoms with Crippen molar-refractivity contribution in [2.75, 3.05) is 0 Å². The zero-order valence-electron chi connectivity index (χ0n) is 2.64. The Bertz CT molecular complexity index is 66.5. The molecule has 0 aliphatic rings. The van der Waals surface area contributed by atoms with Crippen LogP contribution in [-0.4, -0.2) is 16.1 Å². The molecule has 0 saturated heterocycles. The predicted molar refractivity (Wildman–Crippen MR) is 20.6 cm³/mol. The molecule has 24 valence electrons. The van der Waals surface area contributed by atoms with E-state index in [-0.39, 0.29) is 6.87 Å². The fourth-order valence-corrected chi connectivity index (χ4v) is 0.112. The minimum atomic E-state index is -0.825. The Hall–Kier alpha value is -0.428. The van der Waals surface area contributed by atoms with Gasteiger partial charge in [-0.15, -0.1) is 0 Å². The average Bonchev–Trinajstić information content (AvgIpc) is 1.41. The summed E-state index contributed by atoms with van der Waals surface area (Å²) in [6.45, 7) is 0.222. The van der Waals surface area contributed by atoms with E-state index in [0.717, 1.165) is 0 Å². The molecule has 0 amide bonds. The Balaban J connectivity index is 2.75. The standard InChI is InChI=1S/CH2BNOSi/c3-1-2-5-4/h2,5H. The molecule has 0 spiro atoms. The first-order valence-electron chi connectivity index (χ1n) is 1.22. The molecule has 0 bridgehead atoms. The third kappa shape index (κ3) is 3.57. The van der Waals surface area contributed by atoms with Crippen LogP contribution in [0.1, 0.15) is 0 Å². The molecule has 0 radical (unpaired) electrons. The monoisotopic (exact) mass is 83.0 g/mol. The Morgan fingerprint density at radius 1 is 2.00 bits per heavy atom. The molecule has 0 aliphatic carbocycles. The molecule has 0 unspecified atom stereocenters. The van der Waals surface area contributed by atoms with Crippen LogP contribution in [0.3, 0.4) is 0 Å². The van der Waals surface area contributed by atoms with Crippen LogP contribution in [0.5, 0.6) is 0 Å². The Labute approximate surface area is 32.9 Å². The summed E-state index contributed by atoms with van der Waals surface area (Å²) in [5, 5.41) is 7.64. The maximum absolute atomic E-state index is 9.39. The topological polar surface area (TPSA) is 40.9 Å². The van der Waals surface area contributed by atoms with Crippen molar-refractivity contribution in [3.05, 3.63) is 0 Å². The van der Waals surface area contributed by atoms with Gasteiger partial charge in [-0.25, -0.2) is 5.26 Å². The summed E-state index contributed by atoms with van der Waals surface area (Å²) in [5.41, 5.74) is 0. The highest BCUT2D eigenvalue weighted by atomic mass is 28.2. The SMILES string of the molecule is N#CB[SiH]=O. The predicted octanol–water partition coefficient (Wildman–Crippen LogP) is -1.40. The third-order valence-electron chi connectivity index (χ3n) is 0.175. The van der Waals surface area contributed by atoms with Gasteiger partial charge in [0.25, 0.3) is 0 Å². The number of hydrogen-bond acceptors (Lipinski definition) is 2. The van der Waals surface area contributed by atoms with Crippen LogP contribution in [-0.2, 0) is 4.46 Å². The second-order valence-corrected chi connectivity index (χ2v) is 1.27. The zero-order valence-corrected chi connectivity index (χ0v) is 3.79. The van der Waals surface area contributed by atoms with Gasteiger partial charge in [0.15, 0.2) is 0 Å². The van der Waals surface area contributed by atoms with E-state index in [0.29, 0.717) is 0 Å². The first-order valence-corrected chi connectivity index (χ1v) is 2.51. The van der Waals surface area contributed by atoms with Crippen molar-refractivity contribution >= 4 is 16.1 Å². The Kier molecular flexibility index (Phi) is 3.27. The minimum absolute atomic E-state index is 0.222. The highest BCUT2D eigenvalue weighted by molar-refractivity contribution is 6.97. The molecule has 2 nitrogen and oxygen atoms in total. The zero-order chi connectivity index (χ0) is 4.12. The summed E-state index contributed by atoms with van der Waals surface area (Å²) in [7, 11) is -0.825. The minimum Gasteiger partial charge on any atom is -0.401 e. The molecule has 0 aromatic rings. The average molecular weight is 82.9 g/mol. The van der Waals surface area contributed by atoms with Crippen molar-refractivity contribution in [3.63, 3.8) is 0 Å². The quantitative estimate of drug-likeness (QED) is 0.366. The maximum atomic E-state index is 9.39. The third-order valence-corrected chi connectivity index (χ3v) is 0.524. The summed E-state index contributed by atoms with van der Waals surface area (Å²) in [6, 6.07) is 0. The van der Waals surface area contributed by atoms with Crippen molar-refractivity contribution < 1.29 is 4.46 Å². The van der Waals surface area contributed by atoms with Crippen molar-refractivity contribution in [3.8, 4) is 5.97 Å². The van der Waals surface area contributed by atoms with Crippen molar-refractivity contribution in [1.82, 2.24) is 0 Å². The molecule has 5 heavy (non-hydrogen) atoms. The van der Waals surface area contributed by atoms with Crippen LogP contribution in [0.4, 0.5) is 0 Å². The van der Waals surface area contributed by atoms with Crippen LogP contribution in [0, 0.1) is 11.2 Å². The molecule has 0 heterocycles. The van der Waals surface area contributed by atoms with Gasteiger partial charge in [-0.1, -0.05) is 0 Å². The second-order valence-electron chi connectivity index (χ2n) is 0.529. The molecular weight excluding hydrogens is 80.9 g/mol. The van der Waals surface area contributed by atoms with E-state index in [1.54, 1.807) is 5.97 Å². The first kappa shape index (κ1) is 4.57. The summed E-state index contributed by atoms with van der Waals surface area (Å²) in [5.74, 6) is 1.74. The Morgan fingerprint density at radius 3 is 2.60 bits per heavy atom. The largest absolute Gasteiger partial charge is 0.401 e. The van der Waals surface area contributed by atoms with Crippen LogP contribution < -0.4 is 0 Å². The summed E-state index contributed by atoms with van der Waals surface area (Å²) < 4.78 is 9.39. The van der Waals surface area contributed by atoms with Crippen LogP contribution in [0.2, 0.25) is 0 Å². The lowest BCUT2D eigenvalue weighted by molar-refractivity contribution is 0.586. The molecule has 4 heteroatoms. The molecule has 0 atom stereocenters. The van der Waals surface area contributed by atoms with E-state index in [9.17, 15) is 4.46 Å². The molecule has 0 rings (SSSR count). The van der Waals surface area contributed by atoms with E-state index < -0.39 is 9.28 Å². The van der Waals surface area contributed by atoms with Gasteiger partial charge in [-0.2, -0.15) is 0 Å². The highest BCUT2D eigenvalue weighted by Gasteiger charge is 1.74. The van der Waals surface area contributed by atoms with E-state index in [1.807, 2.05) is 0 Å².